The van der Waals surface area contributed by atoms with Gasteiger partial charge in [0.2, 0.25) is 12.1 Å². The van der Waals surface area contributed by atoms with Crippen molar-refractivity contribution < 1.29 is 14.1 Å². The molecule has 190 valence electrons. The van der Waals surface area contributed by atoms with Crippen LogP contribution in [0.5, 0.6) is 0 Å². The Morgan fingerprint density at radius 3 is 2.64 bits per heavy atom. The van der Waals surface area contributed by atoms with Crippen molar-refractivity contribution in [3.05, 3.63) is 0 Å². The van der Waals surface area contributed by atoms with Crippen LogP contribution in [0.25, 0.3) is 0 Å². The van der Waals surface area contributed by atoms with Crippen LogP contribution in [0.1, 0.15) is 46.0 Å². The highest BCUT2D eigenvalue weighted by Gasteiger charge is 2.45. The summed E-state index contributed by atoms with van der Waals surface area (Å²) < 4.78 is 7.74. The zero-order chi connectivity index (χ0) is 24.0. The molecule has 9 nitrogen and oxygen atoms in total. The fourth-order valence-corrected chi connectivity index (χ4v) is 5.89. The summed E-state index contributed by atoms with van der Waals surface area (Å²) in [5, 5.41) is 10.2. The Bertz CT molecular complexity index is 669. The van der Waals surface area contributed by atoms with Gasteiger partial charge >= 0.3 is 0 Å². The number of hydrogen-bond acceptors (Lipinski definition) is 7. The van der Waals surface area contributed by atoms with Crippen molar-refractivity contribution in [3.8, 4) is 0 Å². The lowest BCUT2D eigenvalue weighted by molar-refractivity contribution is -0.588. The molecule has 0 bridgehead atoms. The number of carbonyl (C=O) groups excluding carboxylic acids is 1. The third-order valence-electron chi connectivity index (χ3n) is 7.49. The Balaban J connectivity index is 1.74. The summed E-state index contributed by atoms with van der Waals surface area (Å²) in [5.74, 6) is -0.668. The highest BCUT2D eigenvalue weighted by molar-refractivity contribution is 6.21. The van der Waals surface area contributed by atoms with Crippen LogP contribution in [0, 0.1) is 5.92 Å². The second-order valence-corrected chi connectivity index (χ2v) is 10.5. The molecular weight excluding hydrogens is 442 g/mol. The summed E-state index contributed by atoms with van der Waals surface area (Å²) in [6, 6.07) is 0.323. The number of nitrogens with zero attached hydrogens (tertiary/aromatic N) is 2. The van der Waals surface area contributed by atoms with Gasteiger partial charge in [-0.05, 0) is 32.2 Å². The van der Waals surface area contributed by atoms with Crippen LogP contribution >= 0.6 is 11.6 Å². The van der Waals surface area contributed by atoms with Gasteiger partial charge in [-0.15, -0.1) is 11.6 Å². The monoisotopic (exact) mass is 486 g/mol. The number of piperidine rings is 2. The standard InChI is InChI=1S/C23H44ClN7O2/c1-4-5-15(2)31-14-16(24)12-28-22(31)20(21(25)26)23(32)29-18-13-27-9-6-19(18)30-10-7-17(33-3)8-11-30/h16-22,27-28H,4-14,25-26H2,1-3H3/p+1/b31-15-. The lowest BCUT2D eigenvalue weighted by Gasteiger charge is -2.44. The second-order valence-electron chi connectivity index (χ2n) is 9.84. The average Bonchev–Trinajstić information content (AvgIpc) is 2.80. The number of alkyl halides is 1. The molecule has 0 aromatic heterocycles. The molecule has 3 aliphatic rings. The van der Waals surface area contributed by atoms with E-state index in [0.717, 1.165) is 58.3 Å². The normalized spacial score (nSPS) is 32.6. The molecule has 0 saturated carbocycles. The summed E-state index contributed by atoms with van der Waals surface area (Å²) in [6.45, 7) is 9.27. The van der Waals surface area contributed by atoms with Crippen molar-refractivity contribution in [2.75, 3.05) is 46.4 Å². The summed E-state index contributed by atoms with van der Waals surface area (Å²) in [4.78, 5) is 16.2. The molecule has 33 heavy (non-hydrogen) atoms. The summed E-state index contributed by atoms with van der Waals surface area (Å²) >= 11 is 6.46. The van der Waals surface area contributed by atoms with Gasteiger partial charge in [0.05, 0.1) is 18.3 Å². The fraction of sp³-hybridized carbons (Fsp3) is 0.913. The van der Waals surface area contributed by atoms with Crippen molar-refractivity contribution in [1.29, 1.82) is 0 Å². The number of carbonyl (C=O) groups is 1. The van der Waals surface area contributed by atoms with Gasteiger partial charge in [0.25, 0.3) is 0 Å². The Kier molecular flexibility index (Phi) is 10.4. The van der Waals surface area contributed by atoms with Gasteiger partial charge in [-0.3, -0.25) is 15.0 Å². The SMILES string of the molecule is CCC/C(C)=[N+]1/CC(Cl)CNC1C(C(=O)NC1CNCCC1N1CCC(OC)CC1)C(N)N. The van der Waals surface area contributed by atoms with E-state index in [0.29, 0.717) is 25.2 Å². The molecule has 0 spiro atoms. The van der Waals surface area contributed by atoms with Crippen LogP contribution < -0.4 is 27.4 Å². The van der Waals surface area contributed by atoms with E-state index in [1.807, 2.05) is 0 Å². The first-order valence-corrected chi connectivity index (χ1v) is 13.0. The topological polar surface area (TPSA) is 121 Å². The number of hydrogen-bond donors (Lipinski definition) is 5. The molecule has 5 unspecified atom stereocenters. The maximum Gasteiger partial charge on any atom is 0.234 e. The van der Waals surface area contributed by atoms with Crippen LogP contribution in [-0.2, 0) is 9.53 Å². The Morgan fingerprint density at radius 1 is 1.27 bits per heavy atom. The van der Waals surface area contributed by atoms with E-state index in [2.05, 4.69) is 39.3 Å². The Morgan fingerprint density at radius 2 is 2.00 bits per heavy atom. The minimum Gasteiger partial charge on any atom is -0.381 e. The molecule has 0 aromatic rings. The minimum atomic E-state index is -0.779. The van der Waals surface area contributed by atoms with Gasteiger partial charge in [-0.2, -0.15) is 0 Å². The van der Waals surface area contributed by atoms with Crippen molar-refractivity contribution in [2.24, 2.45) is 17.4 Å². The summed E-state index contributed by atoms with van der Waals surface area (Å²) in [5.41, 5.74) is 13.6. The van der Waals surface area contributed by atoms with Crippen molar-refractivity contribution in [1.82, 2.24) is 20.9 Å². The smallest absolute Gasteiger partial charge is 0.234 e. The number of amides is 1. The average molecular weight is 487 g/mol. The van der Waals surface area contributed by atoms with Gasteiger partial charge < -0.3 is 26.8 Å². The molecule has 3 saturated heterocycles. The molecule has 10 heteroatoms. The number of methoxy groups -OCH3 is 1. The number of ether oxygens (including phenoxy) is 1. The van der Waals surface area contributed by atoms with Crippen LogP contribution in [0.2, 0.25) is 0 Å². The van der Waals surface area contributed by atoms with Gasteiger partial charge in [0.15, 0.2) is 12.3 Å². The number of nitrogens with two attached hydrogens (primary N) is 2. The molecule has 3 aliphatic heterocycles. The number of nitrogens with one attached hydrogen (secondary N) is 3. The minimum absolute atomic E-state index is 0.0186. The van der Waals surface area contributed by atoms with Crippen LogP contribution in [0.3, 0.4) is 0 Å². The molecule has 0 radical (unpaired) electrons. The Labute approximate surface area is 204 Å². The molecule has 3 fully saturated rings. The van der Waals surface area contributed by atoms with Gasteiger partial charge in [0, 0.05) is 52.7 Å². The zero-order valence-electron chi connectivity index (χ0n) is 20.6. The van der Waals surface area contributed by atoms with Crippen molar-refractivity contribution in [3.63, 3.8) is 0 Å². The number of likely N-dealkylation sites (tertiary alicyclic amines) is 1. The number of halogens is 1. The second kappa shape index (κ2) is 12.8. The third-order valence-corrected chi connectivity index (χ3v) is 7.78. The van der Waals surface area contributed by atoms with E-state index in [-0.39, 0.29) is 23.5 Å². The lowest BCUT2D eigenvalue weighted by Crippen LogP contribution is -2.67. The molecule has 5 atom stereocenters. The maximum absolute atomic E-state index is 13.6. The van der Waals surface area contributed by atoms with Crippen LogP contribution in [0.4, 0.5) is 0 Å². The van der Waals surface area contributed by atoms with E-state index in [9.17, 15) is 4.79 Å². The highest BCUT2D eigenvalue weighted by atomic mass is 35.5. The highest BCUT2D eigenvalue weighted by Crippen LogP contribution is 2.22. The van der Waals surface area contributed by atoms with E-state index < -0.39 is 12.1 Å². The fourth-order valence-electron chi connectivity index (χ4n) is 5.65. The molecule has 0 aliphatic carbocycles. The van der Waals surface area contributed by atoms with E-state index in [1.54, 1.807) is 7.11 Å². The van der Waals surface area contributed by atoms with Crippen LogP contribution in [0.15, 0.2) is 0 Å². The predicted octanol–water partition coefficient (Wildman–Crippen LogP) is -0.386. The summed E-state index contributed by atoms with van der Waals surface area (Å²) in [7, 11) is 1.79. The van der Waals surface area contributed by atoms with Crippen LogP contribution in [-0.4, -0.2) is 103 Å². The quantitative estimate of drug-likeness (QED) is 0.180. The van der Waals surface area contributed by atoms with Crippen molar-refractivity contribution >= 4 is 23.2 Å². The first-order chi connectivity index (χ1) is 15.8. The largest absolute Gasteiger partial charge is 0.381 e. The molecule has 7 N–H and O–H groups in total. The van der Waals surface area contributed by atoms with E-state index >= 15 is 0 Å². The van der Waals surface area contributed by atoms with E-state index in [4.69, 9.17) is 27.8 Å². The van der Waals surface area contributed by atoms with Gasteiger partial charge in [0.1, 0.15) is 11.3 Å². The Hall–Kier alpha value is -0.810. The third kappa shape index (κ3) is 6.87. The first-order valence-electron chi connectivity index (χ1n) is 12.6. The van der Waals surface area contributed by atoms with Gasteiger partial charge in [-0.25, -0.2) is 4.58 Å². The molecule has 3 heterocycles. The van der Waals surface area contributed by atoms with Crippen molar-refractivity contribution in [2.45, 2.75) is 81.8 Å². The molecule has 0 aromatic carbocycles. The lowest BCUT2D eigenvalue weighted by atomic mass is 9.93. The molecule has 3 rings (SSSR count). The maximum atomic E-state index is 13.6. The predicted molar refractivity (Wildman–Crippen MR) is 133 cm³/mol. The van der Waals surface area contributed by atoms with Gasteiger partial charge in [-0.1, -0.05) is 6.92 Å². The first kappa shape index (κ1) is 26.8. The summed E-state index contributed by atoms with van der Waals surface area (Å²) in [6.07, 6.45) is 4.34. The van der Waals surface area contributed by atoms with E-state index in [1.165, 1.54) is 5.71 Å². The zero-order valence-corrected chi connectivity index (χ0v) is 21.3. The number of rotatable bonds is 8. The molecular formula is C23H45ClN7O2+. The molecule has 1 amide bonds.